The van der Waals surface area contributed by atoms with Crippen molar-refractivity contribution in [3.8, 4) is 0 Å². The average molecular weight is 182 g/mol. The highest BCUT2D eigenvalue weighted by Crippen LogP contribution is 2.21. The third-order valence-corrected chi connectivity index (χ3v) is 1.73. The van der Waals surface area contributed by atoms with Crippen LogP contribution in [0.25, 0.3) is 0 Å². The van der Waals surface area contributed by atoms with Crippen molar-refractivity contribution in [3.05, 3.63) is 24.8 Å². The average Bonchev–Trinajstić information content (AvgIpc) is 2.04. The number of hydrogen-bond acceptors (Lipinski definition) is 2. The maximum Gasteiger partial charge on any atom is 0.306 e. The van der Waals surface area contributed by atoms with Crippen molar-refractivity contribution in [1.29, 1.82) is 0 Å². The quantitative estimate of drug-likeness (QED) is 0.482. The van der Waals surface area contributed by atoms with Crippen LogP contribution in [0.3, 0.4) is 0 Å². The molecule has 2 heteroatoms. The van der Waals surface area contributed by atoms with Gasteiger partial charge in [-0.15, -0.1) is 6.58 Å². The highest BCUT2D eigenvalue weighted by Gasteiger charge is 2.18. The molecule has 0 saturated carbocycles. The van der Waals surface area contributed by atoms with Gasteiger partial charge in [0.2, 0.25) is 0 Å². The minimum Gasteiger partial charge on any atom is -0.461 e. The molecule has 0 aliphatic carbocycles. The molecule has 0 unspecified atom stereocenters. The second-order valence-corrected chi connectivity index (χ2v) is 3.62. The Kier molecular flexibility index (Phi) is 5.12. The van der Waals surface area contributed by atoms with E-state index in [1.165, 1.54) is 0 Å². The van der Waals surface area contributed by atoms with Gasteiger partial charge in [-0.2, -0.15) is 0 Å². The number of carbonyl (C=O) groups excluding carboxylic acids is 1. The Morgan fingerprint density at radius 1 is 1.54 bits per heavy atom. The van der Waals surface area contributed by atoms with E-state index in [4.69, 9.17) is 4.74 Å². The van der Waals surface area contributed by atoms with Crippen LogP contribution in [0.2, 0.25) is 0 Å². The van der Waals surface area contributed by atoms with E-state index < -0.39 is 0 Å². The molecule has 74 valence electrons. The van der Waals surface area contributed by atoms with Gasteiger partial charge in [-0.1, -0.05) is 32.1 Å². The summed E-state index contributed by atoms with van der Waals surface area (Å²) in [6.45, 7) is 9.82. The number of allylic oxidation sites excluding steroid dienone is 2. The third-order valence-electron chi connectivity index (χ3n) is 1.73. The molecule has 0 rings (SSSR count). The molecule has 0 aromatic rings. The van der Waals surface area contributed by atoms with Crippen LogP contribution in [-0.2, 0) is 9.53 Å². The fourth-order valence-corrected chi connectivity index (χ4v) is 0.732. The van der Waals surface area contributed by atoms with Crippen LogP contribution in [0.5, 0.6) is 0 Å². The van der Waals surface area contributed by atoms with E-state index in [1.54, 1.807) is 12.2 Å². The molecule has 2 nitrogen and oxygen atoms in total. The van der Waals surface area contributed by atoms with Gasteiger partial charge in [0.05, 0.1) is 6.42 Å². The highest BCUT2D eigenvalue weighted by molar-refractivity contribution is 5.70. The van der Waals surface area contributed by atoms with Crippen molar-refractivity contribution < 1.29 is 9.53 Å². The van der Waals surface area contributed by atoms with Crippen molar-refractivity contribution in [2.45, 2.75) is 27.2 Å². The van der Waals surface area contributed by atoms with Gasteiger partial charge in [-0.05, 0) is 12.3 Å². The normalized spacial score (nSPS) is 11.6. The summed E-state index contributed by atoms with van der Waals surface area (Å²) in [7, 11) is 0. The number of esters is 1. The third kappa shape index (κ3) is 6.14. The van der Waals surface area contributed by atoms with Crippen LogP contribution < -0.4 is 0 Å². The van der Waals surface area contributed by atoms with E-state index in [2.05, 4.69) is 6.58 Å². The van der Waals surface area contributed by atoms with Crippen LogP contribution >= 0.6 is 0 Å². The maximum absolute atomic E-state index is 11.2. The fourth-order valence-electron chi connectivity index (χ4n) is 0.732. The van der Waals surface area contributed by atoms with Gasteiger partial charge in [-0.3, -0.25) is 4.79 Å². The van der Waals surface area contributed by atoms with Crippen LogP contribution in [0.15, 0.2) is 24.8 Å². The number of ether oxygens (including phenoxy) is 1. The summed E-state index contributed by atoms with van der Waals surface area (Å²) in [5.74, 6) is -0.178. The predicted molar refractivity (Wildman–Crippen MR) is 54.4 cm³/mol. The van der Waals surface area contributed by atoms with Crippen LogP contribution in [-0.4, -0.2) is 12.6 Å². The van der Waals surface area contributed by atoms with E-state index in [-0.39, 0.29) is 11.4 Å². The largest absolute Gasteiger partial charge is 0.461 e. The molecule has 0 aliphatic rings. The van der Waals surface area contributed by atoms with Gasteiger partial charge < -0.3 is 4.74 Å². The lowest BCUT2D eigenvalue weighted by atomic mass is 9.90. The monoisotopic (exact) mass is 182 g/mol. The Labute approximate surface area is 80.3 Å². The standard InChI is InChI=1S/C11H18O2/c1-5-7-8-13-10(12)9-11(3,4)6-2/h5-7H,2,8-9H2,1,3-4H3. The Balaban J connectivity index is 3.80. The van der Waals surface area contributed by atoms with Gasteiger partial charge in [0, 0.05) is 0 Å². The van der Waals surface area contributed by atoms with Gasteiger partial charge >= 0.3 is 5.97 Å². The Hall–Kier alpha value is -1.05. The fraction of sp³-hybridized carbons (Fsp3) is 0.545. The summed E-state index contributed by atoms with van der Waals surface area (Å²) in [6.07, 6.45) is 5.81. The first-order valence-electron chi connectivity index (χ1n) is 4.42. The van der Waals surface area contributed by atoms with E-state index in [9.17, 15) is 4.79 Å². The second-order valence-electron chi connectivity index (χ2n) is 3.62. The van der Waals surface area contributed by atoms with E-state index >= 15 is 0 Å². The summed E-state index contributed by atoms with van der Waals surface area (Å²) >= 11 is 0. The second kappa shape index (κ2) is 5.57. The van der Waals surface area contributed by atoms with Gasteiger partial charge in [-0.25, -0.2) is 0 Å². The van der Waals surface area contributed by atoms with Crippen molar-refractivity contribution in [2.75, 3.05) is 6.61 Å². The molecule has 0 atom stereocenters. The molecule has 0 saturated heterocycles. The summed E-state index contributed by atoms with van der Waals surface area (Å²) in [4.78, 5) is 11.2. The van der Waals surface area contributed by atoms with E-state index in [0.717, 1.165) is 0 Å². The lowest BCUT2D eigenvalue weighted by Crippen LogP contribution is -2.16. The van der Waals surface area contributed by atoms with Crippen molar-refractivity contribution >= 4 is 5.97 Å². The Morgan fingerprint density at radius 2 is 2.15 bits per heavy atom. The maximum atomic E-state index is 11.2. The first kappa shape index (κ1) is 11.9. The molecule has 0 amide bonds. The minimum absolute atomic E-state index is 0.174. The van der Waals surface area contributed by atoms with Crippen LogP contribution in [0.4, 0.5) is 0 Å². The molecular weight excluding hydrogens is 164 g/mol. The first-order valence-corrected chi connectivity index (χ1v) is 4.42. The lowest BCUT2D eigenvalue weighted by molar-refractivity contribution is -0.144. The Morgan fingerprint density at radius 3 is 2.62 bits per heavy atom. The van der Waals surface area contributed by atoms with Gasteiger partial charge in [0.1, 0.15) is 6.61 Å². The molecule has 0 aromatic carbocycles. The summed E-state index contributed by atoms with van der Waals surface area (Å²) in [6, 6.07) is 0. The summed E-state index contributed by atoms with van der Waals surface area (Å²) in [5.41, 5.74) is -0.174. The van der Waals surface area contributed by atoms with Crippen LogP contribution in [0.1, 0.15) is 27.2 Å². The van der Waals surface area contributed by atoms with Crippen molar-refractivity contribution in [1.82, 2.24) is 0 Å². The van der Waals surface area contributed by atoms with Crippen molar-refractivity contribution in [3.63, 3.8) is 0 Å². The first-order chi connectivity index (χ1) is 6.02. The van der Waals surface area contributed by atoms with Crippen LogP contribution in [0, 0.1) is 5.41 Å². The molecule has 0 N–H and O–H groups in total. The molecular formula is C11H18O2. The predicted octanol–water partition coefficient (Wildman–Crippen LogP) is 2.71. The summed E-state index contributed by atoms with van der Waals surface area (Å²) < 4.78 is 4.95. The molecule has 0 heterocycles. The molecule has 0 aromatic heterocycles. The molecule has 0 aliphatic heterocycles. The topological polar surface area (TPSA) is 26.3 Å². The molecule has 0 radical (unpaired) electrons. The SMILES string of the molecule is C=CC(C)(C)CC(=O)OCC=CC. The summed E-state index contributed by atoms with van der Waals surface area (Å²) in [5, 5.41) is 0. The zero-order chi connectivity index (χ0) is 10.3. The molecule has 0 bridgehead atoms. The molecule has 13 heavy (non-hydrogen) atoms. The number of carbonyl (C=O) groups is 1. The molecule has 0 spiro atoms. The van der Waals surface area contributed by atoms with Gasteiger partial charge in [0.25, 0.3) is 0 Å². The smallest absolute Gasteiger partial charge is 0.306 e. The Bertz CT molecular complexity index is 202. The van der Waals surface area contributed by atoms with E-state index in [1.807, 2.05) is 26.8 Å². The number of hydrogen-bond donors (Lipinski definition) is 0. The van der Waals surface area contributed by atoms with Crippen molar-refractivity contribution in [2.24, 2.45) is 5.41 Å². The minimum atomic E-state index is -0.178. The lowest BCUT2D eigenvalue weighted by Gasteiger charge is -2.17. The van der Waals surface area contributed by atoms with E-state index in [0.29, 0.717) is 13.0 Å². The number of rotatable bonds is 5. The zero-order valence-electron chi connectivity index (χ0n) is 8.67. The highest BCUT2D eigenvalue weighted by atomic mass is 16.5. The molecule has 0 fully saturated rings. The van der Waals surface area contributed by atoms with Gasteiger partial charge in [0.15, 0.2) is 0 Å². The zero-order valence-corrected chi connectivity index (χ0v) is 8.67.